The molecule has 0 unspecified atom stereocenters. The Morgan fingerprint density at radius 1 is 1.29 bits per heavy atom. The van der Waals surface area contributed by atoms with Gasteiger partial charge in [0.15, 0.2) is 0 Å². The number of rotatable bonds is 2. The molecule has 3 aromatic rings. The summed E-state index contributed by atoms with van der Waals surface area (Å²) in [5, 5.41) is 3.57. The van der Waals surface area contributed by atoms with Crippen LogP contribution in [0.15, 0.2) is 47.5 Å². The van der Waals surface area contributed by atoms with Gasteiger partial charge in [-0.1, -0.05) is 0 Å². The first-order valence-electron chi connectivity index (χ1n) is 6.39. The third kappa shape index (κ3) is 2.38. The number of carbonyl (C=O) groups excluding carboxylic acids is 1. The Kier molecular flexibility index (Phi) is 2.98. The highest BCUT2D eigenvalue weighted by Crippen LogP contribution is 2.21. The van der Waals surface area contributed by atoms with Gasteiger partial charge in [0.25, 0.3) is 5.91 Å². The number of nitrogens with zero attached hydrogens (tertiary/aromatic N) is 1. The number of nitrogens with one attached hydrogen (secondary N) is 2. The zero-order chi connectivity index (χ0) is 15.0. The number of benzene rings is 1. The van der Waals surface area contributed by atoms with Crippen molar-refractivity contribution in [1.82, 2.24) is 9.55 Å². The van der Waals surface area contributed by atoms with E-state index >= 15 is 0 Å². The highest BCUT2D eigenvalue weighted by molar-refractivity contribution is 6.13. The summed E-state index contributed by atoms with van der Waals surface area (Å²) in [7, 11) is 1.63. The summed E-state index contributed by atoms with van der Waals surface area (Å²) >= 11 is 0. The van der Waals surface area contributed by atoms with E-state index in [1.165, 1.54) is 10.6 Å². The highest BCUT2D eigenvalue weighted by Gasteiger charge is 2.12. The van der Waals surface area contributed by atoms with Crippen LogP contribution in [0.3, 0.4) is 0 Å². The van der Waals surface area contributed by atoms with Gasteiger partial charge in [-0.25, -0.2) is 0 Å². The predicted molar refractivity (Wildman–Crippen MR) is 82.3 cm³/mol. The fraction of sp³-hybridized carbons (Fsp3) is 0.0667. The minimum atomic E-state index is -0.246. The SMILES string of the molecule is Cn1cc(NC(=O)c2c[nH]c3cc(N)ccc23)ccc1=O. The molecule has 0 aliphatic rings. The first-order valence-corrected chi connectivity index (χ1v) is 6.39. The molecule has 2 aromatic heterocycles. The van der Waals surface area contributed by atoms with Crippen LogP contribution < -0.4 is 16.6 Å². The number of amides is 1. The lowest BCUT2D eigenvalue weighted by molar-refractivity contribution is 0.102. The Hall–Kier alpha value is -3.02. The second kappa shape index (κ2) is 4.82. The summed E-state index contributed by atoms with van der Waals surface area (Å²) in [4.78, 5) is 26.7. The average Bonchev–Trinajstić information content (AvgIpc) is 2.85. The van der Waals surface area contributed by atoms with E-state index in [4.69, 9.17) is 5.73 Å². The molecule has 0 aliphatic heterocycles. The van der Waals surface area contributed by atoms with Gasteiger partial charge >= 0.3 is 0 Å². The van der Waals surface area contributed by atoms with Crippen molar-refractivity contribution in [3.8, 4) is 0 Å². The Labute approximate surface area is 120 Å². The van der Waals surface area contributed by atoms with Crippen LogP contribution in [0.25, 0.3) is 10.9 Å². The van der Waals surface area contributed by atoms with Crippen molar-refractivity contribution in [2.45, 2.75) is 0 Å². The summed E-state index contributed by atoms with van der Waals surface area (Å²) in [5.41, 5.74) is 8.11. The minimum absolute atomic E-state index is 0.129. The molecule has 0 radical (unpaired) electrons. The Bertz CT molecular complexity index is 892. The largest absolute Gasteiger partial charge is 0.399 e. The number of aromatic amines is 1. The van der Waals surface area contributed by atoms with Gasteiger partial charge in [0.1, 0.15) is 0 Å². The van der Waals surface area contributed by atoms with Gasteiger partial charge in [-0.15, -0.1) is 0 Å². The fourth-order valence-corrected chi connectivity index (χ4v) is 2.20. The van der Waals surface area contributed by atoms with E-state index in [9.17, 15) is 9.59 Å². The molecule has 6 heteroatoms. The third-order valence-corrected chi connectivity index (χ3v) is 3.29. The molecule has 0 spiro atoms. The second-order valence-electron chi connectivity index (χ2n) is 4.83. The summed E-state index contributed by atoms with van der Waals surface area (Å²) in [6, 6.07) is 8.31. The molecular formula is C15H14N4O2. The van der Waals surface area contributed by atoms with E-state index in [0.717, 1.165) is 10.9 Å². The van der Waals surface area contributed by atoms with Crippen LogP contribution in [0.2, 0.25) is 0 Å². The first-order chi connectivity index (χ1) is 10.0. The van der Waals surface area contributed by atoms with Crippen molar-refractivity contribution in [2.24, 2.45) is 7.05 Å². The number of hydrogen-bond acceptors (Lipinski definition) is 3. The van der Waals surface area contributed by atoms with Gasteiger partial charge in [-0.05, 0) is 24.3 Å². The zero-order valence-electron chi connectivity index (χ0n) is 11.4. The number of nitrogens with two attached hydrogens (primary N) is 1. The molecular weight excluding hydrogens is 268 g/mol. The standard InChI is InChI=1S/C15H14N4O2/c1-19-8-10(3-5-14(19)20)18-15(21)12-7-17-13-6-9(16)2-4-11(12)13/h2-8,17H,16H2,1H3,(H,18,21). The first kappa shape index (κ1) is 13.0. The topological polar surface area (TPSA) is 92.9 Å². The maximum atomic E-state index is 12.3. The summed E-state index contributed by atoms with van der Waals surface area (Å²) < 4.78 is 1.41. The van der Waals surface area contributed by atoms with Crippen molar-refractivity contribution < 1.29 is 4.79 Å². The molecule has 0 atom stereocenters. The van der Waals surface area contributed by atoms with Gasteiger partial charge in [0.05, 0.1) is 11.3 Å². The van der Waals surface area contributed by atoms with Crippen molar-refractivity contribution in [3.05, 3.63) is 58.6 Å². The van der Waals surface area contributed by atoms with Gasteiger partial charge in [0.2, 0.25) is 5.56 Å². The molecule has 0 fully saturated rings. The molecule has 0 saturated carbocycles. The van der Waals surface area contributed by atoms with Crippen LogP contribution in [0.5, 0.6) is 0 Å². The highest BCUT2D eigenvalue weighted by atomic mass is 16.1. The maximum Gasteiger partial charge on any atom is 0.257 e. The molecule has 3 rings (SSSR count). The third-order valence-electron chi connectivity index (χ3n) is 3.29. The Balaban J connectivity index is 1.93. The molecule has 0 aliphatic carbocycles. The van der Waals surface area contributed by atoms with Crippen molar-refractivity contribution in [2.75, 3.05) is 11.1 Å². The van der Waals surface area contributed by atoms with Crippen molar-refractivity contribution in [1.29, 1.82) is 0 Å². The number of pyridine rings is 1. The number of anilines is 2. The molecule has 2 heterocycles. The van der Waals surface area contributed by atoms with Crippen molar-refractivity contribution >= 4 is 28.2 Å². The van der Waals surface area contributed by atoms with Crippen LogP contribution in [0.1, 0.15) is 10.4 Å². The number of fused-ring (bicyclic) bond motifs is 1. The van der Waals surface area contributed by atoms with E-state index in [0.29, 0.717) is 16.9 Å². The van der Waals surface area contributed by atoms with E-state index < -0.39 is 0 Å². The summed E-state index contributed by atoms with van der Waals surface area (Å²) in [5.74, 6) is -0.246. The van der Waals surface area contributed by atoms with Crippen LogP contribution >= 0.6 is 0 Å². The van der Waals surface area contributed by atoms with E-state index in [1.54, 1.807) is 43.7 Å². The van der Waals surface area contributed by atoms with Crippen LogP contribution in [-0.2, 0) is 7.05 Å². The number of aryl methyl sites for hydroxylation is 1. The quantitative estimate of drug-likeness (QED) is 0.624. The van der Waals surface area contributed by atoms with E-state index in [-0.39, 0.29) is 11.5 Å². The molecule has 6 nitrogen and oxygen atoms in total. The lowest BCUT2D eigenvalue weighted by atomic mass is 10.1. The lowest BCUT2D eigenvalue weighted by Crippen LogP contribution is -2.17. The van der Waals surface area contributed by atoms with Gasteiger partial charge in [0, 0.05) is 42.1 Å². The molecule has 106 valence electrons. The summed E-state index contributed by atoms with van der Waals surface area (Å²) in [6.07, 6.45) is 3.22. The van der Waals surface area contributed by atoms with Crippen LogP contribution in [0, 0.1) is 0 Å². The van der Waals surface area contributed by atoms with E-state index in [2.05, 4.69) is 10.3 Å². The molecule has 0 saturated heterocycles. The number of H-pyrrole nitrogens is 1. The predicted octanol–water partition coefficient (Wildman–Crippen LogP) is 1.70. The average molecular weight is 282 g/mol. The molecule has 4 N–H and O–H groups in total. The minimum Gasteiger partial charge on any atom is -0.399 e. The maximum absolute atomic E-state index is 12.3. The number of nitrogen functional groups attached to an aromatic ring is 1. The summed E-state index contributed by atoms with van der Waals surface area (Å²) in [6.45, 7) is 0. The Morgan fingerprint density at radius 2 is 2.10 bits per heavy atom. The molecule has 1 aromatic carbocycles. The Morgan fingerprint density at radius 3 is 2.86 bits per heavy atom. The number of carbonyl (C=O) groups is 1. The normalized spacial score (nSPS) is 10.7. The van der Waals surface area contributed by atoms with E-state index in [1.807, 2.05) is 0 Å². The monoisotopic (exact) mass is 282 g/mol. The van der Waals surface area contributed by atoms with Crippen molar-refractivity contribution in [3.63, 3.8) is 0 Å². The van der Waals surface area contributed by atoms with Gasteiger partial charge in [-0.3, -0.25) is 9.59 Å². The van der Waals surface area contributed by atoms with Crippen LogP contribution in [0.4, 0.5) is 11.4 Å². The molecule has 0 bridgehead atoms. The zero-order valence-corrected chi connectivity index (χ0v) is 11.4. The second-order valence-corrected chi connectivity index (χ2v) is 4.83. The van der Waals surface area contributed by atoms with Gasteiger partial charge < -0.3 is 20.6 Å². The molecule has 1 amide bonds. The smallest absolute Gasteiger partial charge is 0.257 e. The molecule has 21 heavy (non-hydrogen) atoms. The van der Waals surface area contributed by atoms with Crippen LogP contribution in [-0.4, -0.2) is 15.5 Å². The number of hydrogen-bond donors (Lipinski definition) is 3. The number of aromatic nitrogens is 2. The fourth-order valence-electron chi connectivity index (χ4n) is 2.20. The van der Waals surface area contributed by atoms with Gasteiger partial charge in [-0.2, -0.15) is 0 Å². The lowest BCUT2D eigenvalue weighted by Gasteiger charge is -2.06.